The van der Waals surface area contributed by atoms with Crippen LogP contribution in [0.5, 0.6) is 0 Å². The highest BCUT2D eigenvalue weighted by Crippen LogP contribution is 2.28. The Bertz CT molecular complexity index is 844. The third-order valence-corrected chi connectivity index (χ3v) is 6.71. The van der Waals surface area contributed by atoms with Crippen LogP contribution in [-0.2, 0) is 28.5 Å². The first kappa shape index (κ1) is 25.4. The van der Waals surface area contributed by atoms with E-state index < -0.39 is 78.5 Å². The van der Waals surface area contributed by atoms with Crippen LogP contribution in [0.4, 0.5) is 0 Å². The quantitative estimate of drug-likeness (QED) is 0.217. The molecule has 0 bridgehead atoms. The zero-order chi connectivity index (χ0) is 23.6. The summed E-state index contributed by atoms with van der Waals surface area (Å²) in [5.41, 5.74) is 0.852. The van der Waals surface area contributed by atoms with Gasteiger partial charge in [-0.3, -0.25) is 4.18 Å². The standard InChI is InChI=1S/C19H28O12S/c1-9-2-4-10(5-3-9)32(26,27)29-8-13-18(14(22)11(21)7-28-13)31-19-17(25)16(24)15(23)12(6-20)30-19/h2-5,11-25H,6-8H2,1H3. The van der Waals surface area contributed by atoms with Crippen molar-refractivity contribution in [2.45, 2.75) is 66.9 Å². The molecule has 13 heteroatoms. The highest BCUT2D eigenvalue weighted by molar-refractivity contribution is 7.86. The van der Waals surface area contributed by atoms with Gasteiger partial charge in [0.05, 0.1) is 24.7 Å². The fourth-order valence-electron chi connectivity index (χ4n) is 3.43. The van der Waals surface area contributed by atoms with Gasteiger partial charge in [-0.25, -0.2) is 0 Å². The molecule has 2 fully saturated rings. The Morgan fingerprint density at radius 2 is 1.62 bits per heavy atom. The second-order valence-corrected chi connectivity index (χ2v) is 9.39. The summed E-state index contributed by atoms with van der Waals surface area (Å²) in [5, 5.41) is 59.6. The first-order valence-corrected chi connectivity index (χ1v) is 11.4. The molecule has 2 heterocycles. The average Bonchev–Trinajstić information content (AvgIpc) is 2.76. The Labute approximate surface area is 184 Å². The van der Waals surface area contributed by atoms with Crippen molar-refractivity contribution in [3.05, 3.63) is 29.8 Å². The van der Waals surface area contributed by atoms with Crippen molar-refractivity contribution in [3.63, 3.8) is 0 Å². The van der Waals surface area contributed by atoms with Gasteiger partial charge < -0.3 is 44.8 Å². The summed E-state index contributed by atoms with van der Waals surface area (Å²) in [5.74, 6) is 0. The van der Waals surface area contributed by atoms with E-state index in [1.807, 2.05) is 0 Å². The molecule has 2 saturated heterocycles. The van der Waals surface area contributed by atoms with Crippen LogP contribution >= 0.6 is 0 Å². The molecule has 9 atom stereocenters. The van der Waals surface area contributed by atoms with Crippen molar-refractivity contribution >= 4 is 10.1 Å². The summed E-state index contributed by atoms with van der Waals surface area (Å²) in [4.78, 5) is -0.0918. The molecule has 0 saturated carbocycles. The van der Waals surface area contributed by atoms with Crippen molar-refractivity contribution in [3.8, 4) is 0 Å². The van der Waals surface area contributed by atoms with Crippen molar-refractivity contribution < 1.29 is 57.5 Å². The van der Waals surface area contributed by atoms with Crippen molar-refractivity contribution in [2.24, 2.45) is 0 Å². The number of rotatable bonds is 7. The van der Waals surface area contributed by atoms with Crippen LogP contribution in [0.3, 0.4) is 0 Å². The summed E-state index contributed by atoms with van der Waals surface area (Å²) in [6, 6.07) is 5.93. The predicted molar refractivity (Wildman–Crippen MR) is 105 cm³/mol. The average molecular weight is 480 g/mol. The van der Waals surface area contributed by atoms with Gasteiger partial charge in [-0.1, -0.05) is 17.7 Å². The molecule has 3 rings (SSSR count). The third kappa shape index (κ3) is 5.46. The summed E-state index contributed by atoms with van der Waals surface area (Å²) in [6.45, 7) is 0.162. The number of aliphatic hydroxyl groups excluding tert-OH is 6. The van der Waals surface area contributed by atoms with Gasteiger partial charge >= 0.3 is 0 Å². The first-order chi connectivity index (χ1) is 15.0. The number of hydrogen-bond donors (Lipinski definition) is 6. The van der Waals surface area contributed by atoms with Crippen molar-refractivity contribution in [2.75, 3.05) is 19.8 Å². The van der Waals surface area contributed by atoms with Crippen molar-refractivity contribution in [1.29, 1.82) is 0 Å². The minimum atomic E-state index is -4.17. The molecule has 2 aliphatic heterocycles. The molecule has 2 aliphatic rings. The first-order valence-electron chi connectivity index (χ1n) is 9.95. The van der Waals surface area contributed by atoms with E-state index >= 15 is 0 Å². The molecule has 32 heavy (non-hydrogen) atoms. The SMILES string of the molecule is Cc1ccc(S(=O)(=O)OCC2OCC(O)C(O)C2OC2OC(CO)C(O)C(O)C2O)cc1. The Hall–Kier alpha value is -1.23. The zero-order valence-corrected chi connectivity index (χ0v) is 18.0. The Morgan fingerprint density at radius 1 is 0.969 bits per heavy atom. The molecule has 0 aromatic heterocycles. The van der Waals surface area contributed by atoms with Crippen LogP contribution in [0.25, 0.3) is 0 Å². The molecule has 0 amide bonds. The van der Waals surface area contributed by atoms with E-state index in [0.29, 0.717) is 0 Å². The lowest BCUT2D eigenvalue weighted by atomic mass is 9.97. The third-order valence-electron chi connectivity index (χ3n) is 5.42. The molecule has 0 aliphatic carbocycles. The molecule has 1 aromatic carbocycles. The van der Waals surface area contributed by atoms with Gasteiger partial charge in [0, 0.05) is 0 Å². The fourth-order valence-corrected chi connectivity index (χ4v) is 4.35. The number of ether oxygens (including phenoxy) is 3. The van der Waals surface area contributed by atoms with E-state index in [-0.39, 0.29) is 11.5 Å². The van der Waals surface area contributed by atoms with E-state index in [4.69, 9.17) is 18.4 Å². The minimum absolute atomic E-state index is 0.0918. The number of benzene rings is 1. The summed E-state index contributed by atoms with van der Waals surface area (Å²) >= 11 is 0. The number of hydrogen-bond acceptors (Lipinski definition) is 12. The zero-order valence-electron chi connectivity index (χ0n) is 17.2. The maximum atomic E-state index is 12.5. The Morgan fingerprint density at radius 3 is 2.25 bits per heavy atom. The van der Waals surface area contributed by atoms with Gasteiger partial charge in [0.2, 0.25) is 0 Å². The highest BCUT2D eigenvalue weighted by Gasteiger charge is 2.48. The van der Waals surface area contributed by atoms with Crippen LogP contribution in [0, 0.1) is 6.92 Å². The highest BCUT2D eigenvalue weighted by atomic mass is 32.2. The van der Waals surface area contributed by atoms with E-state index in [2.05, 4.69) is 0 Å². The van der Waals surface area contributed by atoms with E-state index in [0.717, 1.165) is 5.56 Å². The number of aryl methyl sites for hydroxylation is 1. The van der Waals surface area contributed by atoms with Gasteiger partial charge in [0.1, 0.15) is 48.8 Å². The minimum Gasteiger partial charge on any atom is -0.394 e. The summed E-state index contributed by atoms with van der Waals surface area (Å²) < 4.78 is 46.1. The molecule has 12 nitrogen and oxygen atoms in total. The van der Waals surface area contributed by atoms with Gasteiger partial charge in [-0.05, 0) is 19.1 Å². The Balaban J connectivity index is 1.73. The van der Waals surface area contributed by atoms with E-state index in [1.54, 1.807) is 19.1 Å². The normalized spacial score (nSPS) is 38.5. The summed E-state index contributed by atoms with van der Waals surface area (Å²) in [7, 11) is -4.17. The van der Waals surface area contributed by atoms with E-state index in [1.165, 1.54) is 12.1 Å². The van der Waals surface area contributed by atoms with Crippen LogP contribution < -0.4 is 0 Å². The molecule has 1 aromatic rings. The van der Waals surface area contributed by atoms with Crippen molar-refractivity contribution in [1.82, 2.24) is 0 Å². The lowest BCUT2D eigenvalue weighted by molar-refractivity contribution is -0.336. The second-order valence-electron chi connectivity index (χ2n) is 7.78. The fraction of sp³-hybridized carbons (Fsp3) is 0.684. The van der Waals surface area contributed by atoms with Crippen LogP contribution in [0.1, 0.15) is 5.56 Å². The van der Waals surface area contributed by atoms with Crippen LogP contribution in [-0.4, -0.2) is 114 Å². The van der Waals surface area contributed by atoms with Gasteiger partial charge in [0.15, 0.2) is 6.29 Å². The molecular formula is C19H28O12S. The van der Waals surface area contributed by atoms with Crippen LogP contribution in [0.15, 0.2) is 29.2 Å². The van der Waals surface area contributed by atoms with E-state index in [9.17, 15) is 39.1 Å². The lowest BCUT2D eigenvalue weighted by Gasteiger charge is -2.44. The monoisotopic (exact) mass is 480 g/mol. The lowest BCUT2D eigenvalue weighted by Crippen LogP contribution is -2.63. The topological polar surface area (TPSA) is 192 Å². The maximum absolute atomic E-state index is 12.5. The predicted octanol–water partition coefficient (Wildman–Crippen LogP) is -2.99. The second kappa shape index (κ2) is 10.4. The molecule has 0 spiro atoms. The largest absolute Gasteiger partial charge is 0.394 e. The summed E-state index contributed by atoms with van der Waals surface area (Å²) in [6.07, 6.45) is -13.6. The maximum Gasteiger partial charge on any atom is 0.297 e. The molecule has 182 valence electrons. The molecular weight excluding hydrogens is 452 g/mol. The van der Waals surface area contributed by atoms with Gasteiger partial charge in [-0.2, -0.15) is 8.42 Å². The van der Waals surface area contributed by atoms with Gasteiger partial charge in [-0.15, -0.1) is 0 Å². The smallest absolute Gasteiger partial charge is 0.297 e. The number of aliphatic hydroxyl groups is 6. The van der Waals surface area contributed by atoms with Gasteiger partial charge in [0.25, 0.3) is 10.1 Å². The molecule has 0 radical (unpaired) electrons. The molecule has 6 N–H and O–H groups in total. The Kier molecular flexibility index (Phi) is 8.22. The van der Waals surface area contributed by atoms with Crippen LogP contribution in [0.2, 0.25) is 0 Å². The molecule has 9 unspecified atom stereocenters.